The second kappa shape index (κ2) is 8.33. The molecule has 0 spiro atoms. The third-order valence-electron chi connectivity index (χ3n) is 6.29. The number of nitriles is 1. The Balaban J connectivity index is 1.64. The van der Waals surface area contributed by atoms with Gasteiger partial charge in [-0.05, 0) is 48.6 Å². The molecule has 37 heavy (non-hydrogen) atoms. The quantitative estimate of drug-likeness (QED) is 0.280. The summed E-state index contributed by atoms with van der Waals surface area (Å²) in [5.74, 6) is 0.0309. The molecule has 3 heterocycles. The van der Waals surface area contributed by atoms with Crippen LogP contribution in [0.2, 0.25) is 5.02 Å². The molecular formula is C25H14ClF3N4O3S. The van der Waals surface area contributed by atoms with Gasteiger partial charge < -0.3 is 9.63 Å². The van der Waals surface area contributed by atoms with E-state index in [0.717, 1.165) is 35.8 Å². The second-order valence-electron chi connectivity index (χ2n) is 8.75. The molecule has 3 aromatic heterocycles. The summed E-state index contributed by atoms with van der Waals surface area (Å²) >= 11 is 7.16. The fraction of sp³-hybridized carbons (Fsp3) is 0.200. The third-order valence-corrected chi connectivity index (χ3v) is 7.70. The van der Waals surface area contributed by atoms with Crippen molar-refractivity contribution >= 4 is 43.2 Å². The lowest BCUT2D eigenvalue weighted by Crippen LogP contribution is -2.24. The molecule has 1 aliphatic rings. The fourth-order valence-corrected chi connectivity index (χ4v) is 5.71. The minimum absolute atomic E-state index is 0.115. The van der Waals surface area contributed by atoms with E-state index in [4.69, 9.17) is 21.1 Å². The van der Waals surface area contributed by atoms with Gasteiger partial charge in [0, 0.05) is 17.0 Å². The number of fused-ring (bicyclic) bond motifs is 3. The summed E-state index contributed by atoms with van der Waals surface area (Å²) in [4.78, 5) is 19.0. The number of phenolic OH excluding ortho intramolecular Hbond substituents is 1. The van der Waals surface area contributed by atoms with Gasteiger partial charge in [0.25, 0.3) is 5.56 Å². The van der Waals surface area contributed by atoms with Gasteiger partial charge in [-0.2, -0.15) is 18.4 Å². The van der Waals surface area contributed by atoms with Crippen molar-refractivity contribution in [3.8, 4) is 23.2 Å². The summed E-state index contributed by atoms with van der Waals surface area (Å²) in [5, 5.41) is 23.7. The average Bonchev–Trinajstić information content (AvgIpc) is 3.47. The summed E-state index contributed by atoms with van der Waals surface area (Å²) in [7, 11) is 0. The molecule has 0 saturated heterocycles. The van der Waals surface area contributed by atoms with Crippen LogP contribution in [-0.2, 0) is 12.7 Å². The first kappa shape index (κ1) is 23.5. The number of hydrogen-bond acceptors (Lipinski definition) is 7. The van der Waals surface area contributed by atoms with Gasteiger partial charge in [0.05, 0.1) is 33.3 Å². The van der Waals surface area contributed by atoms with Gasteiger partial charge in [0.2, 0.25) is 0 Å². The minimum atomic E-state index is -4.70. The van der Waals surface area contributed by atoms with Crippen molar-refractivity contribution in [2.45, 2.75) is 31.5 Å². The summed E-state index contributed by atoms with van der Waals surface area (Å²) in [6, 6.07) is 11.0. The molecule has 1 saturated carbocycles. The molecule has 1 N–H and O–H groups in total. The zero-order valence-corrected chi connectivity index (χ0v) is 20.2. The molecule has 0 radical (unpaired) electrons. The normalized spacial score (nSPS) is 13.9. The van der Waals surface area contributed by atoms with Crippen LogP contribution < -0.4 is 5.56 Å². The van der Waals surface area contributed by atoms with E-state index in [2.05, 4.69) is 11.2 Å². The van der Waals surface area contributed by atoms with Crippen molar-refractivity contribution in [2.75, 3.05) is 0 Å². The van der Waals surface area contributed by atoms with Crippen LogP contribution in [0.5, 0.6) is 5.75 Å². The van der Waals surface area contributed by atoms with E-state index in [0.29, 0.717) is 26.0 Å². The number of thiophene rings is 1. The highest BCUT2D eigenvalue weighted by molar-refractivity contribution is 7.25. The molecule has 5 aromatic rings. The number of alkyl halides is 3. The maximum absolute atomic E-state index is 13.9. The van der Waals surface area contributed by atoms with Gasteiger partial charge >= 0.3 is 6.18 Å². The highest BCUT2D eigenvalue weighted by Gasteiger charge is 2.35. The number of aromatic hydroxyl groups is 1. The number of rotatable bonds is 4. The first-order valence-electron chi connectivity index (χ1n) is 11.1. The van der Waals surface area contributed by atoms with Crippen molar-refractivity contribution in [3.63, 3.8) is 0 Å². The van der Waals surface area contributed by atoms with Crippen LogP contribution in [0, 0.1) is 11.3 Å². The largest absolute Gasteiger partial charge is 0.505 e. The Morgan fingerprint density at radius 3 is 2.70 bits per heavy atom. The van der Waals surface area contributed by atoms with Gasteiger partial charge in [-0.25, -0.2) is 4.98 Å². The van der Waals surface area contributed by atoms with E-state index in [9.17, 15) is 28.3 Å². The van der Waals surface area contributed by atoms with Crippen LogP contribution >= 0.6 is 22.9 Å². The smallest absolute Gasteiger partial charge is 0.436 e. The standard InChI is InChI=1S/C25H14ClF3N4O3S/c26-17-6-5-15-19-23(37-21(15)20(17)34)31-22(14-4-1-11(9-30)7-16(14)12-2-3-12)33(24(19)35)10-13-8-18(32-36-13)25(27,28)29/h1,4-8,12,34H,2-3,10H2. The van der Waals surface area contributed by atoms with Crippen LogP contribution in [0.25, 0.3) is 31.7 Å². The first-order chi connectivity index (χ1) is 17.7. The summed E-state index contributed by atoms with van der Waals surface area (Å²) < 4.78 is 45.9. The van der Waals surface area contributed by atoms with Crippen LogP contribution in [0.15, 0.2) is 45.7 Å². The third kappa shape index (κ3) is 3.93. The summed E-state index contributed by atoms with van der Waals surface area (Å²) in [6.45, 7) is -0.360. The fourth-order valence-electron chi connectivity index (χ4n) is 4.38. The summed E-state index contributed by atoms with van der Waals surface area (Å²) in [5.41, 5.74) is 0.148. The minimum Gasteiger partial charge on any atom is -0.505 e. The molecule has 1 fully saturated rings. The Morgan fingerprint density at radius 2 is 2.03 bits per heavy atom. The lowest BCUT2D eigenvalue weighted by atomic mass is 9.99. The second-order valence-corrected chi connectivity index (χ2v) is 10.2. The van der Waals surface area contributed by atoms with Crippen molar-refractivity contribution < 1.29 is 22.8 Å². The molecule has 12 heteroatoms. The van der Waals surface area contributed by atoms with Crippen LogP contribution in [-0.4, -0.2) is 19.8 Å². The molecule has 0 bridgehead atoms. The topological polar surface area (TPSA) is 105 Å². The zero-order chi connectivity index (χ0) is 26.1. The van der Waals surface area contributed by atoms with Crippen molar-refractivity contribution in [3.05, 3.63) is 74.4 Å². The molecule has 1 aliphatic carbocycles. The summed E-state index contributed by atoms with van der Waals surface area (Å²) in [6.07, 6.45) is -2.90. The number of hydrogen-bond donors (Lipinski definition) is 1. The Labute approximate surface area is 214 Å². The molecular weight excluding hydrogens is 529 g/mol. The molecule has 6 rings (SSSR count). The predicted octanol–water partition coefficient (Wildman–Crippen LogP) is 6.44. The van der Waals surface area contributed by atoms with Crippen LogP contribution in [0.1, 0.15) is 41.3 Å². The lowest BCUT2D eigenvalue weighted by molar-refractivity contribution is -0.142. The van der Waals surface area contributed by atoms with E-state index in [-0.39, 0.29) is 40.2 Å². The number of phenols is 1. The average molecular weight is 543 g/mol. The molecule has 2 aromatic carbocycles. The molecule has 186 valence electrons. The van der Waals surface area contributed by atoms with Crippen molar-refractivity contribution in [1.29, 1.82) is 5.26 Å². The van der Waals surface area contributed by atoms with E-state index < -0.39 is 17.4 Å². The lowest BCUT2D eigenvalue weighted by Gasteiger charge is -2.15. The Bertz CT molecular complexity index is 1830. The number of nitrogens with zero attached hydrogens (tertiary/aromatic N) is 4. The van der Waals surface area contributed by atoms with Gasteiger partial charge in [-0.3, -0.25) is 9.36 Å². The first-order valence-corrected chi connectivity index (χ1v) is 12.3. The molecule has 7 nitrogen and oxygen atoms in total. The van der Waals surface area contributed by atoms with E-state index in [1.54, 1.807) is 24.3 Å². The highest BCUT2D eigenvalue weighted by atomic mass is 35.5. The monoisotopic (exact) mass is 542 g/mol. The molecule has 0 atom stereocenters. The van der Waals surface area contributed by atoms with Crippen molar-refractivity contribution in [2.24, 2.45) is 0 Å². The molecule has 0 amide bonds. The highest BCUT2D eigenvalue weighted by Crippen LogP contribution is 2.45. The van der Waals surface area contributed by atoms with E-state index in [1.807, 2.05) is 0 Å². The maximum atomic E-state index is 13.9. The Hall–Kier alpha value is -3.88. The Morgan fingerprint density at radius 1 is 1.24 bits per heavy atom. The van der Waals surface area contributed by atoms with E-state index in [1.165, 1.54) is 10.6 Å². The zero-order valence-electron chi connectivity index (χ0n) is 18.6. The SMILES string of the molecule is N#Cc1ccc(-c2nc3sc4c(O)c(Cl)ccc4c3c(=O)n2Cc2cc(C(F)(F)F)no2)c(C2CC2)c1. The number of halogens is 4. The van der Waals surface area contributed by atoms with Crippen molar-refractivity contribution in [1.82, 2.24) is 14.7 Å². The molecule has 0 unspecified atom stereocenters. The van der Waals surface area contributed by atoms with E-state index >= 15 is 0 Å². The predicted molar refractivity (Wildman–Crippen MR) is 131 cm³/mol. The Kier molecular flexibility index (Phi) is 5.29. The van der Waals surface area contributed by atoms with Gasteiger partial charge in [0.1, 0.15) is 10.7 Å². The molecule has 0 aliphatic heterocycles. The van der Waals surface area contributed by atoms with Crippen LogP contribution in [0.3, 0.4) is 0 Å². The number of aromatic nitrogens is 3. The maximum Gasteiger partial charge on any atom is 0.436 e. The number of benzene rings is 2. The van der Waals surface area contributed by atoms with Crippen LogP contribution in [0.4, 0.5) is 13.2 Å². The van der Waals surface area contributed by atoms with Gasteiger partial charge in [-0.1, -0.05) is 22.8 Å². The van der Waals surface area contributed by atoms with Gasteiger partial charge in [-0.15, -0.1) is 11.3 Å². The van der Waals surface area contributed by atoms with Gasteiger partial charge in [0.15, 0.2) is 17.2 Å².